The molecule has 2 atom stereocenters. The number of nitrogens with zero attached hydrogens (tertiary/aromatic N) is 1. The molecule has 0 spiro atoms. The van der Waals surface area contributed by atoms with Crippen molar-refractivity contribution in [3.63, 3.8) is 0 Å². The van der Waals surface area contributed by atoms with Crippen LogP contribution in [0.3, 0.4) is 0 Å². The Morgan fingerprint density at radius 3 is 2.42 bits per heavy atom. The Bertz CT molecular complexity index is 1400. The molecule has 0 fully saturated rings. The van der Waals surface area contributed by atoms with Crippen LogP contribution in [-0.2, 0) is 23.0 Å². The lowest BCUT2D eigenvalue weighted by Crippen LogP contribution is -2.26. The first-order chi connectivity index (χ1) is 18.0. The van der Waals surface area contributed by atoms with Crippen molar-refractivity contribution in [2.45, 2.75) is 25.8 Å². The van der Waals surface area contributed by atoms with Gasteiger partial charge in [-0.15, -0.1) is 0 Å². The van der Waals surface area contributed by atoms with Gasteiger partial charge in [0.15, 0.2) is 11.5 Å². The first kappa shape index (κ1) is 27.4. The molecule has 0 saturated carbocycles. The zero-order valence-corrected chi connectivity index (χ0v) is 22.4. The molecule has 1 aliphatic rings. The summed E-state index contributed by atoms with van der Waals surface area (Å²) >= 11 is 0. The molecule has 3 N–H and O–H groups in total. The number of aryl methyl sites for hydroxylation is 1. The fourth-order valence-corrected chi connectivity index (χ4v) is 5.26. The lowest BCUT2D eigenvalue weighted by molar-refractivity contribution is -0.121. The van der Waals surface area contributed by atoms with Crippen molar-refractivity contribution in [3.8, 4) is 17.2 Å². The third kappa shape index (κ3) is 5.93. The van der Waals surface area contributed by atoms with Crippen molar-refractivity contribution < 1.29 is 37.5 Å². The number of phosphoric ester groups is 1. The minimum Gasteiger partial charge on any atom is -0.493 e. The number of hydrogen-bond acceptors (Lipinski definition) is 5. The Labute approximate surface area is 220 Å². The second kappa shape index (κ2) is 11.0. The number of aromatic nitrogens is 1. The van der Waals surface area contributed by atoms with Crippen LogP contribution in [0.25, 0.3) is 11.6 Å². The van der Waals surface area contributed by atoms with Gasteiger partial charge in [0.1, 0.15) is 5.82 Å². The summed E-state index contributed by atoms with van der Waals surface area (Å²) < 4.78 is 43.1. The topological polar surface area (TPSA) is 119 Å². The van der Waals surface area contributed by atoms with Gasteiger partial charge in [0, 0.05) is 25.4 Å². The predicted octanol–water partition coefficient (Wildman–Crippen LogP) is 4.63. The molecule has 1 aromatic heterocycles. The van der Waals surface area contributed by atoms with Gasteiger partial charge >= 0.3 is 7.82 Å². The maximum Gasteiger partial charge on any atom is 0.525 e. The minimum absolute atomic E-state index is 0.0705. The van der Waals surface area contributed by atoms with E-state index in [4.69, 9.17) is 14.0 Å². The van der Waals surface area contributed by atoms with E-state index in [0.29, 0.717) is 12.1 Å². The second-order valence-electron chi connectivity index (χ2n) is 9.15. The summed E-state index contributed by atoms with van der Waals surface area (Å²) in [6.07, 6.45) is 3.96. The number of halogens is 1. The maximum atomic E-state index is 14.3. The number of ether oxygens (including phenoxy) is 2. The predicted molar refractivity (Wildman–Crippen MR) is 140 cm³/mol. The number of benzene rings is 2. The summed E-state index contributed by atoms with van der Waals surface area (Å²) in [5.41, 5.74) is 4.04. The van der Waals surface area contributed by atoms with E-state index in [0.717, 1.165) is 22.4 Å². The molecule has 4 rings (SSSR count). The van der Waals surface area contributed by atoms with Crippen LogP contribution in [0.15, 0.2) is 48.7 Å². The standard InChI is InChI=1S/C27H30FN2O7P/c1-16-21(10-17-11-24(35-3)27(25(12-17)36-4)37-38(32,33)34)20-8-7-18(28)13-23(20)22(16)14-26(31)29-15-19-6-5-9-30(19)2/h5-13,16,22H,14-15H2,1-4H3,(H,29,31)(H2,32,33,34). The average Bonchev–Trinajstić information content (AvgIpc) is 3.38. The number of hydrogen-bond donors (Lipinski definition) is 3. The highest BCUT2D eigenvalue weighted by molar-refractivity contribution is 7.46. The number of fused-ring (bicyclic) bond motifs is 1. The largest absolute Gasteiger partial charge is 0.525 e. The molecule has 38 heavy (non-hydrogen) atoms. The van der Waals surface area contributed by atoms with Gasteiger partial charge in [-0.1, -0.05) is 19.1 Å². The summed E-state index contributed by atoms with van der Waals surface area (Å²) in [4.78, 5) is 31.5. The molecule has 9 nitrogen and oxygen atoms in total. The molecule has 11 heteroatoms. The van der Waals surface area contributed by atoms with Gasteiger partial charge in [-0.3, -0.25) is 14.6 Å². The monoisotopic (exact) mass is 544 g/mol. The zero-order valence-electron chi connectivity index (χ0n) is 21.5. The van der Waals surface area contributed by atoms with Gasteiger partial charge in [0.2, 0.25) is 11.7 Å². The summed E-state index contributed by atoms with van der Waals surface area (Å²) in [6, 6.07) is 11.5. The van der Waals surface area contributed by atoms with Gasteiger partial charge in [0.05, 0.1) is 20.8 Å². The van der Waals surface area contributed by atoms with E-state index in [1.807, 2.05) is 42.9 Å². The van der Waals surface area contributed by atoms with E-state index in [1.165, 1.54) is 26.4 Å². The quantitative estimate of drug-likeness (QED) is 0.336. The average molecular weight is 545 g/mol. The lowest BCUT2D eigenvalue weighted by atomic mass is 9.88. The van der Waals surface area contributed by atoms with E-state index in [9.17, 15) is 23.5 Å². The number of amides is 1. The number of allylic oxidation sites excluding steroid dienone is 1. The Balaban J connectivity index is 1.66. The van der Waals surface area contributed by atoms with E-state index >= 15 is 0 Å². The van der Waals surface area contributed by atoms with Crippen LogP contribution in [0.1, 0.15) is 41.6 Å². The van der Waals surface area contributed by atoms with Crippen molar-refractivity contribution in [3.05, 3.63) is 76.9 Å². The first-order valence-corrected chi connectivity index (χ1v) is 13.4. The van der Waals surface area contributed by atoms with Crippen molar-refractivity contribution in [1.29, 1.82) is 0 Å². The summed E-state index contributed by atoms with van der Waals surface area (Å²) in [5.74, 6) is -0.977. The summed E-state index contributed by atoms with van der Waals surface area (Å²) in [7, 11) is -0.267. The van der Waals surface area contributed by atoms with E-state index in [1.54, 1.807) is 18.2 Å². The number of carbonyl (C=O) groups is 1. The molecule has 1 aliphatic carbocycles. The first-order valence-electron chi connectivity index (χ1n) is 11.9. The molecule has 1 amide bonds. The molecular weight excluding hydrogens is 514 g/mol. The Kier molecular flexibility index (Phi) is 7.97. The van der Waals surface area contributed by atoms with Gasteiger partial charge < -0.3 is 23.9 Å². The fourth-order valence-electron chi connectivity index (χ4n) is 4.84. The van der Waals surface area contributed by atoms with Crippen LogP contribution in [-0.4, -0.2) is 34.5 Å². The van der Waals surface area contributed by atoms with Crippen molar-refractivity contribution in [1.82, 2.24) is 9.88 Å². The van der Waals surface area contributed by atoms with Crippen LogP contribution >= 0.6 is 7.82 Å². The van der Waals surface area contributed by atoms with Crippen molar-refractivity contribution in [2.24, 2.45) is 13.0 Å². The van der Waals surface area contributed by atoms with Crippen LogP contribution < -0.4 is 19.3 Å². The van der Waals surface area contributed by atoms with E-state index in [-0.39, 0.29) is 47.2 Å². The van der Waals surface area contributed by atoms with E-state index in [2.05, 4.69) is 5.32 Å². The second-order valence-corrected chi connectivity index (χ2v) is 10.3. The molecule has 0 radical (unpaired) electrons. The Morgan fingerprint density at radius 1 is 1.16 bits per heavy atom. The molecule has 0 saturated heterocycles. The molecule has 202 valence electrons. The number of nitrogens with one attached hydrogen (secondary N) is 1. The van der Waals surface area contributed by atoms with Gasteiger partial charge in [-0.2, -0.15) is 0 Å². The maximum absolute atomic E-state index is 14.3. The highest BCUT2D eigenvalue weighted by atomic mass is 31.2. The summed E-state index contributed by atoms with van der Waals surface area (Å²) in [5, 5.41) is 2.95. The normalized spacial score (nSPS) is 17.8. The van der Waals surface area contributed by atoms with Gasteiger partial charge in [-0.25, -0.2) is 8.96 Å². The van der Waals surface area contributed by atoms with Crippen molar-refractivity contribution >= 4 is 25.4 Å². The van der Waals surface area contributed by atoms with Gasteiger partial charge in [-0.05, 0) is 70.5 Å². The number of rotatable bonds is 9. The lowest BCUT2D eigenvalue weighted by Gasteiger charge is -2.18. The number of carbonyl (C=O) groups excluding carboxylic acids is 1. The smallest absolute Gasteiger partial charge is 0.493 e. The van der Waals surface area contributed by atoms with E-state index < -0.39 is 7.82 Å². The zero-order chi connectivity index (χ0) is 27.6. The van der Waals surface area contributed by atoms with Crippen LogP contribution in [0, 0.1) is 11.7 Å². The number of phosphoric acid groups is 1. The molecule has 2 unspecified atom stereocenters. The third-order valence-electron chi connectivity index (χ3n) is 6.76. The molecule has 0 bridgehead atoms. The molecule has 3 aromatic rings. The highest BCUT2D eigenvalue weighted by Gasteiger charge is 2.35. The molecular formula is C27H30FN2O7P. The highest BCUT2D eigenvalue weighted by Crippen LogP contribution is 2.51. The molecule has 2 aromatic carbocycles. The Morgan fingerprint density at radius 2 is 1.84 bits per heavy atom. The SMILES string of the molecule is COc1cc(C=C2c3ccc(F)cc3C(CC(=O)NCc3cccn3C)C2C)cc(OC)c1OP(=O)(O)O. The van der Waals surface area contributed by atoms with Crippen LogP contribution in [0.4, 0.5) is 4.39 Å². The van der Waals surface area contributed by atoms with Crippen LogP contribution in [0.5, 0.6) is 17.2 Å². The van der Waals surface area contributed by atoms with Crippen LogP contribution in [0.2, 0.25) is 0 Å². The fraction of sp³-hybridized carbons (Fsp3) is 0.296. The number of methoxy groups -OCH3 is 2. The minimum atomic E-state index is -4.87. The van der Waals surface area contributed by atoms with Gasteiger partial charge in [0.25, 0.3) is 0 Å². The summed E-state index contributed by atoms with van der Waals surface area (Å²) in [6.45, 7) is 2.38. The van der Waals surface area contributed by atoms with Crippen molar-refractivity contribution in [2.75, 3.05) is 14.2 Å². The molecule has 1 heterocycles. The Hall–Kier alpha value is -3.59. The third-order valence-corrected chi connectivity index (χ3v) is 7.18. The molecule has 0 aliphatic heterocycles.